The molecule has 0 fully saturated rings. The van der Waals surface area contributed by atoms with Gasteiger partial charge in [-0.2, -0.15) is 0 Å². The molecular weight excluding hydrogens is 520 g/mol. The Hall–Kier alpha value is -2.71. The molecule has 8 heteroatoms. The molecule has 1 aromatic carbocycles. The van der Waals surface area contributed by atoms with E-state index in [1.54, 1.807) is 38.1 Å². The molecule has 1 unspecified atom stereocenters. The molecule has 0 saturated heterocycles. The van der Waals surface area contributed by atoms with Gasteiger partial charge in [0.05, 0.1) is 13.0 Å². The van der Waals surface area contributed by atoms with Gasteiger partial charge in [0.25, 0.3) is 0 Å². The average molecular weight is 575 g/mol. The van der Waals surface area contributed by atoms with Gasteiger partial charge in [0.2, 0.25) is 11.8 Å². The van der Waals surface area contributed by atoms with Gasteiger partial charge in [-0.25, -0.2) is 0 Å². The van der Waals surface area contributed by atoms with E-state index in [-0.39, 0.29) is 25.5 Å². The van der Waals surface area contributed by atoms with E-state index in [2.05, 4.69) is 29.7 Å². The number of nitrogens with one attached hydrogen (secondary N) is 2. The quantitative estimate of drug-likeness (QED) is 0.0515. The maximum absolute atomic E-state index is 12.2. The summed E-state index contributed by atoms with van der Waals surface area (Å²) in [4.78, 5) is 36.2. The number of amides is 2. The molecule has 1 atom stereocenters. The topological polar surface area (TPSA) is 125 Å². The molecule has 0 heterocycles. The average Bonchev–Trinajstić information content (AvgIpc) is 2.95. The minimum absolute atomic E-state index is 0.000727. The zero-order chi connectivity index (χ0) is 30.3. The normalized spacial score (nSPS) is 12.3. The van der Waals surface area contributed by atoms with E-state index in [0.717, 1.165) is 25.7 Å². The van der Waals surface area contributed by atoms with Gasteiger partial charge in [0.1, 0.15) is 11.9 Å². The van der Waals surface area contributed by atoms with Crippen LogP contribution in [0.25, 0.3) is 0 Å². The summed E-state index contributed by atoms with van der Waals surface area (Å²) in [5.41, 5.74) is -0.346. The number of esters is 1. The number of aliphatic hydroxyl groups is 2. The summed E-state index contributed by atoms with van der Waals surface area (Å²) in [6.45, 7) is 5.03. The maximum atomic E-state index is 12.2. The number of hydrogen-bond acceptors (Lipinski definition) is 6. The summed E-state index contributed by atoms with van der Waals surface area (Å²) < 4.78 is 5.26. The highest BCUT2D eigenvalue weighted by Gasteiger charge is 2.32. The van der Waals surface area contributed by atoms with Crippen LogP contribution < -0.4 is 15.4 Å². The SMILES string of the molecule is CCCCCCCC/C=C\CCCCCCCC(=O)Nc1ccc(OC(=O)CCNC(=O)C(O)C(C)(C)CO)cc1. The molecule has 0 radical (unpaired) electrons. The number of rotatable bonds is 23. The third-order valence-electron chi connectivity index (χ3n) is 7.06. The molecule has 1 rings (SSSR count). The zero-order valence-corrected chi connectivity index (χ0v) is 25.6. The number of carbonyl (C=O) groups excluding carboxylic acids is 3. The van der Waals surface area contributed by atoms with Crippen molar-refractivity contribution in [3.63, 3.8) is 0 Å². The Labute approximate surface area is 247 Å². The Morgan fingerprint density at radius 2 is 1.41 bits per heavy atom. The van der Waals surface area contributed by atoms with Gasteiger partial charge in [-0.3, -0.25) is 14.4 Å². The van der Waals surface area contributed by atoms with E-state index in [1.165, 1.54) is 57.8 Å². The third kappa shape index (κ3) is 17.7. The minimum Gasteiger partial charge on any atom is -0.426 e. The van der Waals surface area contributed by atoms with Crippen molar-refractivity contribution < 1.29 is 29.3 Å². The molecule has 0 aliphatic carbocycles. The van der Waals surface area contributed by atoms with Crippen LogP contribution in [0.2, 0.25) is 0 Å². The van der Waals surface area contributed by atoms with E-state index in [4.69, 9.17) is 4.74 Å². The molecule has 0 aromatic heterocycles. The molecule has 0 bridgehead atoms. The van der Waals surface area contributed by atoms with E-state index < -0.39 is 23.4 Å². The van der Waals surface area contributed by atoms with Gasteiger partial charge in [0.15, 0.2) is 0 Å². The van der Waals surface area contributed by atoms with Crippen molar-refractivity contribution in [2.24, 2.45) is 5.41 Å². The zero-order valence-electron chi connectivity index (χ0n) is 25.6. The first kappa shape index (κ1) is 36.3. The second kappa shape index (κ2) is 22.0. The Bertz CT molecular complexity index is 897. The lowest BCUT2D eigenvalue weighted by Crippen LogP contribution is -2.46. The predicted molar refractivity (Wildman–Crippen MR) is 165 cm³/mol. The minimum atomic E-state index is -1.39. The van der Waals surface area contributed by atoms with Crippen LogP contribution >= 0.6 is 0 Å². The van der Waals surface area contributed by atoms with Crippen LogP contribution in [0.4, 0.5) is 5.69 Å². The first-order valence-electron chi connectivity index (χ1n) is 15.5. The standard InChI is InChI=1S/C33H54N2O6/c1-4-5-6-7-8-9-10-11-12-13-14-15-16-17-18-19-29(37)35-27-20-22-28(23-21-27)41-30(38)24-25-34-32(40)31(39)33(2,3)26-36/h11-12,20-23,31,36,39H,4-10,13-19,24-26H2,1-3H3,(H,34,40)(H,35,37)/b12-11-. The molecule has 232 valence electrons. The number of aliphatic hydroxyl groups excluding tert-OH is 2. The number of benzene rings is 1. The molecule has 4 N–H and O–H groups in total. The fourth-order valence-electron chi connectivity index (χ4n) is 4.19. The molecular formula is C33H54N2O6. The molecule has 0 aliphatic heterocycles. The number of hydrogen-bond donors (Lipinski definition) is 4. The van der Waals surface area contributed by atoms with Gasteiger partial charge in [-0.1, -0.05) is 84.3 Å². The first-order valence-corrected chi connectivity index (χ1v) is 15.5. The van der Waals surface area contributed by atoms with E-state index in [0.29, 0.717) is 17.9 Å². The van der Waals surface area contributed by atoms with Gasteiger partial charge < -0.3 is 25.6 Å². The van der Waals surface area contributed by atoms with Gasteiger partial charge in [-0.05, 0) is 56.4 Å². The number of anilines is 1. The van der Waals surface area contributed by atoms with Crippen molar-refractivity contribution >= 4 is 23.5 Å². The lowest BCUT2D eigenvalue weighted by atomic mass is 9.87. The highest BCUT2D eigenvalue weighted by molar-refractivity contribution is 5.90. The summed E-state index contributed by atoms with van der Waals surface area (Å²) in [5.74, 6) is -0.895. The molecule has 1 aromatic rings. The second-order valence-electron chi connectivity index (χ2n) is 11.5. The van der Waals surface area contributed by atoms with Gasteiger partial charge >= 0.3 is 5.97 Å². The Kier molecular flexibility index (Phi) is 19.5. The van der Waals surface area contributed by atoms with E-state index in [1.807, 2.05) is 0 Å². The molecule has 41 heavy (non-hydrogen) atoms. The Balaban J connectivity index is 2.11. The summed E-state index contributed by atoms with van der Waals surface area (Å²) in [6, 6.07) is 6.55. The van der Waals surface area contributed by atoms with Gasteiger partial charge in [-0.15, -0.1) is 0 Å². The number of allylic oxidation sites excluding steroid dienone is 2. The molecule has 0 spiro atoms. The summed E-state index contributed by atoms with van der Waals surface area (Å²) in [6.07, 6.45) is 19.5. The third-order valence-corrected chi connectivity index (χ3v) is 7.06. The van der Waals surface area contributed by atoms with Gasteiger partial charge in [0, 0.05) is 24.1 Å². The highest BCUT2D eigenvalue weighted by atomic mass is 16.5. The van der Waals surface area contributed by atoms with Crippen molar-refractivity contribution in [1.82, 2.24) is 5.32 Å². The van der Waals surface area contributed by atoms with Crippen molar-refractivity contribution in [3.05, 3.63) is 36.4 Å². The highest BCUT2D eigenvalue weighted by Crippen LogP contribution is 2.20. The summed E-state index contributed by atoms with van der Waals surface area (Å²) in [7, 11) is 0. The molecule has 8 nitrogen and oxygen atoms in total. The van der Waals surface area contributed by atoms with E-state index in [9.17, 15) is 24.6 Å². The van der Waals surface area contributed by atoms with Crippen molar-refractivity contribution in [2.45, 2.75) is 123 Å². The molecule has 0 saturated carbocycles. The second-order valence-corrected chi connectivity index (χ2v) is 11.5. The van der Waals surface area contributed by atoms with Crippen molar-refractivity contribution in [1.29, 1.82) is 0 Å². The van der Waals surface area contributed by atoms with Crippen LogP contribution in [0.1, 0.15) is 117 Å². The van der Waals surface area contributed by atoms with Crippen molar-refractivity contribution in [2.75, 3.05) is 18.5 Å². The van der Waals surface area contributed by atoms with Crippen LogP contribution in [-0.4, -0.2) is 47.3 Å². The predicted octanol–water partition coefficient (Wildman–Crippen LogP) is 6.45. The summed E-state index contributed by atoms with van der Waals surface area (Å²) >= 11 is 0. The number of ether oxygens (including phenoxy) is 1. The fourth-order valence-corrected chi connectivity index (χ4v) is 4.19. The van der Waals surface area contributed by atoms with Crippen LogP contribution in [0, 0.1) is 5.41 Å². The Morgan fingerprint density at radius 3 is 2.00 bits per heavy atom. The lowest BCUT2D eigenvalue weighted by Gasteiger charge is -2.27. The smallest absolute Gasteiger partial charge is 0.312 e. The molecule has 0 aliphatic rings. The summed E-state index contributed by atoms with van der Waals surface area (Å²) in [5, 5.41) is 24.5. The van der Waals surface area contributed by atoms with Crippen LogP contribution in [0.5, 0.6) is 5.75 Å². The number of carbonyl (C=O) groups is 3. The molecule has 2 amide bonds. The number of unbranched alkanes of at least 4 members (excludes halogenated alkanes) is 11. The monoisotopic (exact) mass is 574 g/mol. The van der Waals surface area contributed by atoms with Crippen molar-refractivity contribution in [3.8, 4) is 5.75 Å². The largest absolute Gasteiger partial charge is 0.426 e. The first-order chi connectivity index (χ1) is 19.7. The van der Waals surface area contributed by atoms with Crippen LogP contribution in [0.15, 0.2) is 36.4 Å². The van der Waals surface area contributed by atoms with Crippen LogP contribution in [-0.2, 0) is 14.4 Å². The fraction of sp³-hybridized carbons (Fsp3) is 0.667. The Morgan fingerprint density at radius 1 is 0.854 bits per heavy atom. The maximum Gasteiger partial charge on any atom is 0.312 e. The van der Waals surface area contributed by atoms with Crippen LogP contribution in [0.3, 0.4) is 0 Å². The van der Waals surface area contributed by atoms with E-state index >= 15 is 0 Å². The lowest BCUT2D eigenvalue weighted by molar-refractivity contribution is -0.137.